The summed E-state index contributed by atoms with van der Waals surface area (Å²) in [5.41, 5.74) is 1.29. The van der Waals surface area contributed by atoms with Gasteiger partial charge in [-0.2, -0.15) is 0 Å². The van der Waals surface area contributed by atoms with Crippen molar-refractivity contribution in [1.82, 2.24) is 19.8 Å². The summed E-state index contributed by atoms with van der Waals surface area (Å²) in [6, 6.07) is 0. The van der Waals surface area contributed by atoms with E-state index in [1.807, 2.05) is 0 Å². The lowest BCUT2D eigenvalue weighted by atomic mass is 9.97. The van der Waals surface area contributed by atoms with E-state index < -0.39 is 0 Å². The first-order valence-electron chi connectivity index (χ1n) is 8.91. The number of aromatic nitrogens is 2. The Morgan fingerprint density at radius 1 is 1.20 bits per heavy atom. The van der Waals surface area contributed by atoms with Crippen LogP contribution < -0.4 is 5.56 Å². The molecule has 25 heavy (non-hydrogen) atoms. The van der Waals surface area contributed by atoms with Gasteiger partial charge in [-0.25, -0.2) is 4.98 Å². The molecule has 2 aromatic heterocycles. The van der Waals surface area contributed by atoms with Crippen molar-refractivity contribution < 1.29 is 0 Å². The number of nitrogens with one attached hydrogen (secondary N) is 1. The Kier molecular flexibility index (Phi) is 4.95. The van der Waals surface area contributed by atoms with Crippen LogP contribution in [0.4, 0.5) is 0 Å². The van der Waals surface area contributed by atoms with Gasteiger partial charge in [-0.1, -0.05) is 18.2 Å². The molecule has 2 aromatic rings. The maximum atomic E-state index is 12.6. The summed E-state index contributed by atoms with van der Waals surface area (Å²) >= 11 is 7.61. The highest BCUT2D eigenvalue weighted by Crippen LogP contribution is 2.33. The van der Waals surface area contributed by atoms with Crippen molar-refractivity contribution in [3.8, 4) is 0 Å². The molecule has 3 heterocycles. The first-order chi connectivity index (χ1) is 12.1. The Morgan fingerprint density at radius 2 is 1.92 bits per heavy atom. The van der Waals surface area contributed by atoms with Crippen LogP contribution in [0.1, 0.15) is 29.1 Å². The molecule has 1 N–H and O–H groups in total. The summed E-state index contributed by atoms with van der Waals surface area (Å²) in [5.74, 6) is 0.784. The van der Waals surface area contributed by atoms with Crippen molar-refractivity contribution in [2.45, 2.75) is 32.2 Å². The number of fused-ring (bicyclic) bond motifs is 3. The number of hydrogen-bond donors (Lipinski definition) is 1. The van der Waals surface area contributed by atoms with Crippen molar-refractivity contribution in [3.63, 3.8) is 0 Å². The Bertz CT molecular complexity index is 851. The maximum Gasteiger partial charge on any atom is 0.259 e. The monoisotopic (exact) mass is 378 g/mol. The molecule has 0 aromatic carbocycles. The van der Waals surface area contributed by atoms with Gasteiger partial charge in [0.05, 0.1) is 11.9 Å². The van der Waals surface area contributed by atoms with E-state index in [1.54, 1.807) is 11.3 Å². The van der Waals surface area contributed by atoms with Crippen LogP contribution in [0, 0.1) is 0 Å². The smallest absolute Gasteiger partial charge is 0.259 e. The Hall–Kier alpha value is -1.21. The lowest BCUT2D eigenvalue weighted by Gasteiger charge is -2.34. The van der Waals surface area contributed by atoms with E-state index in [0.717, 1.165) is 61.6 Å². The normalized spacial score (nSPS) is 19.2. The number of thiophene rings is 1. The van der Waals surface area contributed by atoms with Gasteiger partial charge in [0.25, 0.3) is 5.56 Å². The van der Waals surface area contributed by atoms with E-state index in [2.05, 4.69) is 21.4 Å². The van der Waals surface area contributed by atoms with Crippen LogP contribution in [0.15, 0.2) is 16.4 Å². The number of aryl methyl sites for hydroxylation is 2. The molecule has 0 unspecified atom stereocenters. The second-order valence-corrected chi connectivity index (χ2v) is 8.59. The molecule has 7 heteroatoms. The lowest BCUT2D eigenvalue weighted by Crippen LogP contribution is -2.46. The number of aromatic amines is 1. The standard InChI is InChI=1S/C18H23ClN4OS/c1-12(19)10-22-6-8-23(9-7-22)11-15-20-17(24)16-13-4-2-3-5-14(13)25-18(16)21-15/h1-11H2,(H,20,21,24). The Balaban J connectivity index is 1.49. The van der Waals surface area contributed by atoms with E-state index in [4.69, 9.17) is 16.6 Å². The maximum absolute atomic E-state index is 12.6. The average Bonchev–Trinajstić information content (AvgIpc) is 2.95. The third-order valence-corrected chi connectivity index (χ3v) is 6.41. The first kappa shape index (κ1) is 17.2. The van der Waals surface area contributed by atoms with E-state index >= 15 is 0 Å². The number of H-pyrrole nitrogens is 1. The average molecular weight is 379 g/mol. The molecule has 0 amide bonds. The number of piperazine rings is 1. The van der Waals surface area contributed by atoms with Crippen molar-refractivity contribution in [1.29, 1.82) is 0 Å². The Morgan fingerprint density at radius 3 is 2.68 bits per heavy atom. The zero-order valence-electron chi connectivity index (χ0n) is 14.3. The fourth-order valence-corrected chi connectivity index (χ4v) is 5.29. The molecule has 134 valence electrons. The van der Waals surface area contributed by atoms with E-state index in [0.29, 0.717) is 11.6 Å². The van der Waals surface area contributed by atoms with Crippen LogP contribution in [-0.4, -0.2) is 52.5 Å². The first-order valence-corrected chi connectivity index (χ1v) is 10.1. The van der Waals surface area contributed by atoms with Gasteiger partial charge in [-0.05, 0) is 31.2 Å². The van der Waals surface area contributed by atoms with Crippen LogP contribution >= 0.6 is 22.9 Å². The second-order valence-electron chi connectivity index (χ2n) is 6.97. The minimum Gasteiger partial charge on any atom is -0.309 e. The lowest BCUT2D eigenvalue weighted by molar-refractivity contribution is 0.134. The van der Waals surface area contributed by atoms with Crippen molar-refractivity contribution in [3.05, 3.63) is 38.2 Å². The number of nitrogens with zero attached hydrogens (tertiary/aromatic N) is 3. The molecule has 5 nitrogen and oxygen atoms in total. The molecule has 0 spiro atoms. The summed E-state index contributed by atoms with van der Waals surface area (Å²) in [4.78, 5) is 27.3. The molecule has 4 rings (SSSR count). The fourth-order valence-electron chi connectivity index (χ4n) is 3.84. The van der Waals surface area contributed by atoms with Crippen LogP contribution in [-0.2, 0) is 19.4 Å². The largest absolute Gasteiger partial charge is 0.309 e. The van der Waals surface area contributed by atoms with Gasteiger partial charge in [0.2, 0.25) is 0 Å². The summed E-state index contributed by atoms with van der Waals surface area (Å²) in [7, 11) is 0. The van der Waals surface area contributed by atoms with E-state index in [9.17, 15) is 4.79 Å². The summed E-state index contributed by atoms with van der Waals surface area (Å²) in [6.07, 6.45) is 4.52. The summed E-state index contributed by atoms with van der Waals surface area (Å²) in [5, 5.41) is 1.53. The van der Waals surface area contributed by atoms with Gasteiger partial charge >= 0.3 is 0 Å². The summed E-state index contributed by atoms with van der Waals surface area (Å²) in [6.45, 7) is 9.04. The second kappa shape index (κ2) is 7.19. The van der Waals surface area contributed by atoms with Crippen LogP contribution in [0.3, 0.4) is 0 Å². The van der Waals surface area contributed by atoms with Gasteiger partial charge < -0.3 is 4.98 Å². The van der Waals surface area contributed by atoms with Gasteiger partial charge in [0, 0.05) is 42.6 Å². The third kappa shape index (κ3) is 3.67. The molecule has 0 bridgehead atoms. The molecule has 0 radical (unpaired) electrons. The zero-order chi connectivity index (χ0) is 17.4. The summed E-state index contributed by atoms with van der Waals surface area (Å²) < 4.78 is 0. The van der Waals surface area contributed by atoms with E-state index in [1.165, 1.54) is 23.3 Å². The van der Waals surface area contributed by atoms with Gasteiger partial charge in [0.1, 0.15) is 10.7 Å². The highest BCUT2D eigenvalue weighted by molar-refractivity contribution is 7.18. The van der Waals surface area contributed by atoms with Gasteiger partial charge in [-0.3, -0.25) is 14.6 Å². The number of halogens is 1. The molecular weight excluding hydrogens is 356 g/mol. The molecule has 0 saturated carbocycles. The molecule has 1 fully saturated rings. The molecule has 1 saturated heterocycles. The topological polar surface area (TPSA) is 52.2 Å². The van der Waals surface area contributed by atoms with Gasteiger partial charge in [0.15, 0.2) is 0 Å². The molecule has 1 aliphatic heterocycles. The predicted molar refractivity (Wildman–Crippen MR) is 104 cm³/mol. The molecule has 0 atom stereocenters. The minimum atomic E-state index is 0.0384. The van der Waals surface area contributed by atoms with Crippen molar-refractivity contribution >= 4 is 33.2 Å². The highest BCUT2D eigenvalue weighted by atomic mass is 35.5. The van der Waals surface area contributed by atoms with Crippen LogP contribution in [0.25, 0.3) is 10.2 Å². The van der Waals surface area contributed by atoms with Crippen molar-refractivity contribution in [2.24, 2.45) is 0 Å². The highest BCUT2D eigenvalue weighted by Gasteiger charge is 2.21. The SMILES string of the molecule is C=C(Cl)CN1CCN(Cc2nc3sc4c(c3c(=O)[nH]2)CCCC4)CC1. The van der Waals surface area contributed by atoms with Gasteiger partial charge in [-0.15, -0.1) is 11.3 Å². The van der Waals surface area contributed by atoms with Crippen molar-refractivity contribution in [2.75, 3.05) is 32.7 Å². The Labute approximate surface area is 156 Å². The third-order valence-electron chi connectivity index (χ3n) is 5.11. The van der Waals surface area contributed by atoms with Crippen LogP contribution in [0.2, 0.25) is 0 Å². The number of hydrogen-bond acceptors (Lipinski definition) is 5. The quantitative estimate of drug-likeness (QED) is 0.888. The number of rotatable bonds is 4. The molecular formula is C18H23ClN4OS. The van der Waals surface area contributed by atoms with Crippen LogP contribution in [0.5, 0.6) is 0 Å². The minimum absolute atomic E-state index is 0.0384. The molecule has 2 aliphatic rings. The predicted octanol–water partition coefficient (Wildman–Crippen LogP) is 2.73. The fraction of sp³-hybridized carbons (Fsp3) is 0.556. The zero-order valence-corrected chi connectivity index (χ0v) is 15.9. The molecule has 1 aliphatic carbocycles. The van der Waals surface area contributed by atoms with E-state index in [-0.39, 0.29) is 5.56 Å².